The number of fused-ring (bicyclic) bond motifs is 1. The van der Waals surface area contributed by atoms with E-state index in [0.717, 1.165) is 17.4 Å². The van der Waals surface area contributed by atoms with Gasteiger partial charge in [0.25, 0.3) is 0 Å². The molecule has 112 valence electrons. The van der Waals surface area contributed by atoms with Gasteiger partial charge in [-0.3, -0.25) is 0 Å². The molecule has 2 aromatic rings. The third-order valence-corrected chi connectivity index (χ3v) is 3.42. The molecule has 21 heavy (non-hydrogen) atoms. The SMILES string of the molecule is CCCc1c(C)c2ccc(OC(C)C(=O)O)cc2oc1=O. The van der Waals surface area contributed by atoms with Crippen LogP contribution < -0.4 is 10.4 Å². The Kier molecular flexibility index (Phi) is 4.31. The Morgan fingerprint density at radius 3 is 2.76 bits per heavy atom. The lowest BCUT2D eigenvalue weighted by molar-refractivity contribution is -0.144. The first-order chi connectivity index (χ1) is 9.93. The molecule has 2 rings (SSSR count). The molecule has 1 N–H and O–H groups in total. The van der Waals surface area contributed by atoms with Gasteiger partial charge in [-0.05, 0) is 38.0 Å². The van der Waals surface area contributed by atoms with Crippen molar-refractivity contribution in [2.24, 2.45) is 0 Å². The molecule has 0 aliphatic rings. The monoisotopic (exact) mass is 290 g/mol. The van der Waals surface area contributed by atoms with Crippen LogP contribution in [-0.4, -0.2) is 17.2 Å². The Bertz CT molecular complexity index is 729. The summed E-state index contributed by atoms with van der Waals surface area (Å²) >= 11 is 0. The maximum atomic E-state index is 12.0. The molecular weight excluding hydrogens is 272 g/mol. The molecule has 1 atom stereocenters. The van der Waals surface area contributed by atoms with Gasteiger partial charge in [-0.2, -0.15) is 0 Å². The van der Waals surface area contributed by atoms with E-state index in [0.29, 0.717) is 23.3 Å². The van der Waals surface area contributed by atoms with Crippen LogP contribution in [0.5, 0.6) is 5.75 Å². The molecule has 1 heterocycles. The standard InChI is InChI=1S/C16H18O5/c1-4-5-13-9(2)12-7-6-11(20-10(3)15(17)18)8-14(12)21-16(13)19/h6-8,10H,4-5H2,1-3H3,(H,17,18). The summed E-state index contributed by atoms with van der Waals surface area (Å²) in [5.41, 5.74) is 1.66. The number of carboxylic acid groups (broad SMARTS) is 1. The van der Waals surface area contributed by atoms with Crippen molar-refractivity contribution in [1.82, 2.24) is 0 Å². The summed E-state index contributed by atoms with van der Waals surface area (Å²) in [5.74, 6) is -0.686. The Morgan fingerprint density at radius 1 is 1.43 bits per heavy atom. The number of aryl methyl sites for hydroxylation is 1. The van der Waals surface area contributed by atoms with Crippen LogP contribution in [0.2, 0.25) is 0 Å². The summed E-state index contributed by atoms with van der Waals surface area (Å²) in [6.45, 7) is 5.34. The highest BCUT2D eigenvalue weighted by atomic mass is 16.5. The molecule has 0 fully saturated rings. The second-order valence-electron chi connectivity index (χ2n) is 5.00. The molecule has 0 saturated carbocycles. The lowest BCUT2D eigenvalue weighted by Crippen LogP contribution is -2.22. The fraction of sp³-hybridized carbons (Fsp3) is 0.375. The summed E-state index contributed by atoms with van der Waals surface area (Å²) in [4.78, 5) is 22.8. The summed E-state index contributed by atoms with van der Waals surface area (Å²) in [7, 11) is 0. The van der Waals surface area contributed by atoms with Gasteiger partial charge < -0.3 is 14.3 Å². The van der Waals surface area contributed by atoms with Crippen molar-refractivity contribution in [1.29, 1.82) is 0 Å². The molecule has 1 unspecified atom stereocenters. The first-order valence-electron chi connectivity index (χ1n) is 6.89. The number of benzene rings is 1. The zero-order valence-electron chi connectivity index (χ0n) is 12.3. The van der Waals surface area contributed by atoms with Gasteiger partial charge in [0.05, 0.1) is 0 Å². The maximum absolute atomic E-state index is 12.0. The molecule has 0 aliphatic heterocycles. The summed E-state index contributed by atoms with van der Waals surface area (Å²) in [6.07, 6.45) is 0.585. The average Bonchev–Trinajstić information content (AvgIpc) is 2.43. The van der Waals surface area contributed by atoms with Crippen molar-refractivity contribution >= 4 is 16.9 Å². The summed E-state index contributed by atoms with van der Waals surface area (Å²) in [6, 6.07) is 5.03. The lowest BCUT2D eigenvalue weighted by atomic mass is 10.0. The van der Waals surface area contributed by atoms with Gasteiger partial charge in [0.2, 0.25) is 0 Å². The molecule has 0 saturated heterocycles. The van der Waals surface area contributed by atoms with E-state index in [1.807, 2.05) is 13.8 Å². The van der Waals surface area contributed by atoms with E-state index >= 15 is 0 Å². The largest absolute Gasteiger partial charge is 0.479 e. The number of rotatable bonds is 5. The molecule has 0 bridgehead atoms. The minimum atomic E-state index is -1.05. The number of hydrogen-bond donors (Lipinski definition) is 1. The third kappa shape index (κ3) is 3.07. The van der Waals surface area contributed by atoms with Gasteiger partial charge in [-0.25, -0.2) is 9.59 Å². The smallest absolute Gasteiger partial charge is 0.344 e. The first kappa shape index (κ1) is 15.1. The third-order valence-electron chi connectivity index (χ3n) is 3.42. The van der Waals surface area contributed by atoms with E-state index in [1.54, 1.807) is 18.2 Å². The topological polar surface area (TPSA) is 76.7 Å². The molecule has 5 nitrogen and oxygen atoms in total. The minimum Gasteiger partial charge on any atom is -0.479 e. The van der Waals surface area contributed by atoms with E-state index in [-0.39, 0.29) is 5.63 Å². The molecule has 0 spiro atoms. The van der Waals surface area contributed by atoms with Crippen LogP contribution in [0.15, 0.2) is 27.4 Å². The van der Waals surface area contributed by atoms with Crippen LogP contribution in [0.1, 0.15) is 31.4 Å². The number of ether oxygens (including phenoxy) is 1. The zero-order valence-corrected chi connectivity index (χ0v) is 12.3. The van der Waals surface area contributed by atoms with Crippen LogP contribution in [0.3, 0.4) is 0 Å². The van der Waals surface area contributed by atoms with Gasteiger partial charge in [0.1, 0.15) is 11.3 Å². The predicted molar refractivity (Wildman–Crippen MR) is 78.9 cm³/mol. The fourth-order valence-corrected chi connectivity index (χ4v) is 2.24. The Balaban J connectivity index is 2.47. The Labute approximate surface area is 122 Å². The van der Waals surface area contributed by atoms with Crippen LogP contribution in [0.4, 0.5) is 0 Å². The average molecular weight is 290 g/mol. The molecule has 0 radical (unpaired) electrons. The summed E-state index contributed by atoms with van der Waals surface area (Å²) in [5, 5.41) is 9.68. The highest BCUT2D eigenvalue weighted by Gasteiger charge is 2.15. The predicted octanol–water partition coefficient (Wildman–Crippen LogP) is 2.91. The van der Waals surface area contributed by atoms with E-state index < -0.39 is 12.1 Å². The fourth-order valence-electron chi connectivity index (χ4n) is 2.24. The van der Waals surface area contributed by atoms with Crippen molar-refractivity contribution in [3.63, 3.8) is 0 Å². The molecule has 1 aromatic carbocycles. The summed E-state index contributed by atoms with van der Waals surface area (Å²) < 4.78 is 10.6. The normalized spacial score (nSPS) is 12.3. The van der Waals surface area contributed by atoms with Crippen LogP contribution in [-0.2, 0) is 11.2 Å². The number of aliphatic carboxylic acids is 1. The van der Waals surface area contributed by atoms with Gasteiger partial charge in [-0.15, -0.1) is 0 Å². The zero-order chi connectivity index (χ0) is 15.6. The second kappa shape index (κ2) is 5.99. The first-order valence-corrected chi connectivity index (χ1v) is 6.89. The molecule has 0 amide bonds. The van der Waals surface area contributed by atoms with Crippen LogP contribution >= 0.6 is 0 Å². The lowest BCUT2D eigenvalue weighted by Gasteiger charge is -2.12. The Morgan fingerprint density at radius 2 is 2.14 bits per heavy atom. The minimum absolute atomic E-state index is 0.342. The van der Waals surface area contributed by atoms with Crippen molar-refractivity contribution in [3.05, 3.63) is 39.7 Å². The second-order valence-corrected chi connectivity index (χ2v) is 5.00. The maximum Gasteiger partial charge on any atom is 0.344 e. The van der Waals surface area contributed by atoms with Crippen LogP contribution in [0, 0.1) is 6.92 Å². The van der Waals surface area contributed by atoms with Gasteiger partial charge in [-0.1, -0.05) is 13.3 Å². The quantitative estimate of drug-likeness (QED) is 0.857. The van der Waals surface area contributed by atoms with E-state index in [2.05, 4.69) is 0 Å². The number of carbonyl (C=O) groups is 1. The van der Waals surface area contributed by atoms with Gasteiger partial charge >= 0.3 is 11.6 Å². The Hall–Kier alpha value is -2.30. The van der Waals surface area contributed by atoms with Gasteiger partial charge in [0.15, 0.2) is 6.10 Å². The molecule has 1 aromatic heterocycles. The van der Waals surface area contributed by atoms with E-state index in [9.17, 15) is 9.59 Å². The molecular formula is C16H18O5. The van der Waals surface area contributed by atoms with Crippen molar-refractivity contribution in [2.75, 3.05) is 0 Å². The number of hydrogen-bond acceptors (Lipinski definition) is 4. The van der Waals surface area contributed by atoms with Crippen molar-refractivity contribution in [2.45, 2.75) is 39.7 Å². The van der Waals surface area contributed by atoms with E-state index in [1.165, 1.54) is 6.92 Å². The highest BCUT2D eigenvalue weighted by Crippen LogP contribution is 2.25. The van der Waals surface area contributed by atoms with Gasteiger partial charge in [0, 0.05) is 17.0 Å². The van der Waals surface area contributed by atoms with Crippen LogP contribution in [0.25, 0.3) is 11.0 Å². The number of carboxylic acids is 1. The van der Waals surface area contributed by atoms with Crippen molar-refractivity contribution in [3.8, 4) is 5.75 Å². The molecule has 0 aliphatic carbocycles. The highest BCUT2D eigenvalue weighted by molar-refractivity contribution is 5.82. The van der Waals surface area contributed by atoms with E-state index in [4.69, 9.17) is 14.3 Å². The van der Waals surface area contributed by atoms with Crippen molar-refractivity contribution < 1.29 is 19.1 Å². The molecule has 5 heteroatoms.